The number of nitrogens with one attached hydrogen (secondary N) is 2. The van der Waals surface area contributed by atoms with Crippen LogP contribution < -0.4 is 20.1 Å². The molecule has 0 bridgehead atoms. The second-order valence-electron chi connectivity index (χ2n) is 5.87. The first kappa shape index (κ1) is 18.5. The number of anilines is 1. The number of methoxy groups -OCH3 is 1. The minimum atomic E-state index is -0.471. The molecule has 0 spiro atoms. The Balaban J connectivity index is 1.88. The third-order valence-corrected chi connectivity index (χ3v) is 4.52. The number of amides is 1. The fourth-order valence-electron chi connectivity index (χ4n) is 2.96. The lowest BCUT2D eigenvalue weighted by molar-refractivity contribution is 0.102. The average Bonchev–Trinajstić information content (AvgIpc) is 2.65. The Bertz CT molecular complexity index is 842. The lowest BCUT2D eigenvalue weighted by Gasteiger charge is -2.19. The predicted octanol–water partition coefficient (Wildman–Crippen LogP) is 3.78. The minimum Gasteiger partial charge on any atom is -0.493 e. The second kappa shape index (κ2) is 7.93. The summed E-state index contributed by atoms with van der Waals surface area (Å²) in [7, 11) is 1.47. The fraction of sp³-hybridized carbons (Fsp3) is 0.316. The average molecular weight is 379 g/mol. The second-order valence-corrected chi connectivity index (χ2v) is 6.28. The summed E-state index contributed by atoms with van der Waals surface area (Å²) in [6, 6.07) is 6.40. The molecule has 1 aliphatic heterocycles. The van der Waals surface area contributed by atoms with Crippen LogP contribution >= 0.6 is 11.6 Å². The van der Waals surface area contributed by atoms with Crippen LogP contribution in [-0.4, -0.2) is 26.2 Å². The molecule has 7 heteroatoms. The highest BCUT2D eigenvalue weighted by Gasteiger charge is 2.20. The Labute approximate surface area is 156 Å². The summed E-state index contributed by atoms with van der Waals surface area (Å²) >= 11 is 6.20. The third-order valence-electron chi connectivity index (χ3n) is 4.24. The number of carbonyl (C=O) groups is 1. The summed E-state index contributed by atoms with van der Waals surface area (Å²) in [5, 5.41) is 6.07. The van der Waals surface area contributed by atoms with Gasteiger partial charge in [0.25, 0.3) is 5.91 Å². The molecule has 0 aromatic heterocycles. The van der Waals surface area contributed by atoms with Crippen LogP contribution in [0.3, 0.4) is 0 Å². The van der Waals surface area contributed by atoms with Gasteiger partial charge in [0.15, 0.2) is 11.5 Å². The van der Waals surface area contributed by atoms with E-state index in [1.807, 2.05) is 13.0 Å². The van der Waals surface area contributed by atoms with E-state index in [1.54, 1.807) is 6.07 Å². The molecule has 0 aliphatic carbocycles. The van der Waals surface area contributed by atoms with E-state index in [9.17, 15) is 9.18 Å². The van der Waals surface area contributed by atoms with Gasteiger partial charge in [-0.1, -0.05) is 17.7 Å². The highest BCUT2D eigenvalue weighted by Crippen LogP contribution is 2.36. The summed E-state index contributed by atoms with van der Waals surface area (Å²) in [5.41, 5.74) is 1.97. The smallest absolute Gasteiger partial charge is 0.255 e. The van der Waals surface area contributed by atoms with Crippen molar-refractivity contribution in [1.29, 1.82) is 0 Å². The maximum atomic E-state index is 14.7. The molecule has 0 radical (unpaired) electrons. The van der Waals surface area contributed by atoms with Crippen LogP contribution in [-0.2, 0) is 13.0 Å². The van der Waals surface area contributed by atoms with Gasteiger partial charge in [0.05, 0.1) is 24.4 Å². The quantitative estimate of drug-likeness (QED) is 0.831. The van der Waals surface area contributed by atoms with Crippen molar-refractivity contribution in [3.63, 3.8) is 0 Å². The molecule has 26 heavy (non-hydrogen) atoms. The molecule has 1 aliphatic rings. The monoisotopic (exact) mass is 378 g/mol. The van der Waals surface area contributed by atoms with Crippen LogP contribution in [0.15, 0.2) is 24.3 Å². The normalized spacial score (nSPS) is 13.1. The van der Waals surface area contributed by atoms with Crippen LogP contribution in [0.4, 0.5) is 10.1 Å². The third kappa shape index (κ3) is 3.61. The molecule has 0 atom stereocenters. The Hall–Kier alpha value is -2.31. The molecule has 1 amide bonds. The molecule has 0 fully saturated rings. The van der Waals surface area contributed by atoms with Crippen molar-refractivity contribution in [2.75, 3.05) is 25.6 Å². The number of benzene rings is 2. The van der Waals surface area contributed by atoms with Crippen molar-refractivity contribution in [3.8, 4) is 11.5 Å². The number of hydrogen-bond donors (Lipinski definition) is 2. The van der Waals surface area contributed by atoms with E-state index in [0.717, 1.165) is 5.56 Å². The molecule has 0 unspecified atom stereocenters. The molecule has 2 aromatic carbocycles. The summed E-state index contributed by atoms with van der Waals surface area (Å²) in [6.45, 7) is 3.58. The van der Waals surface area contributed by atoms with Gasteiger partial charge >= 0.3 is 0 Å². The van der Waals surface area contributed by atoms with E-state index in [2.05, 4.69) is 10.6 Å². The van der Waals surface area contributed by atoms with E-state index >= 15 is 0 Å². The molecule has 138 valence electrons. The molecule has 2 aromatic rings. The Morgan fingerprint density at radius 2 is 2.19 bits per heavy atom. The highest BCUT2D eigenvalue weighted by molar-refractivity contribution is 6.32. The van der Waals surface area contributed by atoms with Gasteiger partial charge in [0.2, 0.25) is 0 Å². The van der Waals surface area contributed by atoms with Crippen LogP contribution in [0, 0.1) is 5.82 Å². The van der Waals surface area contributed by atoms with E-state index < -0.39 is 5.91 Å². The van der Waals surface area contributed by atoms with Crippen LogP contribution in [0.25, 0.3) is 0 Å². The zero-order valence-corrected chi connectivity index (χ0v) is 15.4. The van der Waals surface area contributed by atoms with E-state index in [4.69, 9.17) is 21.1 Å². The van der Waals surface area contributed by atoms with Gasteiger partial charge in [-0.05, 0) is 49.2 Å². The lowest BCUT2D eigenvalue weighted by Crippen LogP contribution is -2.25. The maximum Gasteiger partial charge on any atom is 0.255 e. The van der Waals surface area contributed by atoms with Gasteiger partial charge < -0.3 is 20.1 Å². The van der Waals surface area contributed by atoms with Gasteiger partial charge in [-0.25, -0.2) is 4.39 Å². The number of fused-ring (bicyclic) bond motifs is 1. The van der Waals surface area contributed by atoms with Gasteiger partial charge in [-0.3, -0.25) is 4.79 Å². The topological polar surface area (TPSA) is 59.6 Å². The number of carbonyl (C=O) groups excluding carboxylic acids is 1. The predicted molar refractivity (Wildman–Crippen MR) is 98.9 cm³/mol. The SMILES string of the molecule is CCOc1c(Cl)cc(C(=O)Nc2ccc3c(c2F)CCNC3)cc1OC. The zero-order chi connectivity index (χ0) is 18.7. The molecule has 5 nitrogen and oxygen atoms in total. The van der Waals surface area contributed by atoms with E-state index in [1.165, 1.54) is 19.2 Å². The van der Waals surface area contributed by atoms with Crippen molar-refractivity contribution in [3.05, 3.63) is 51.8 Å². The number of hydrogen-bond acceptors (Lipinski definition) is 4. The first-order valence-corrected chi connectivity index (χ1v) is 8.75. The van der Waals surface area contributed by atoms with Crippen molar-refractivity contribution >= 4 is 23.2 Å². The van der Waals surface area contributed by atoms with Crippen LogP contribution in [0.1, 0.15) is 28.4 Å². The molecular formula is C19H20ClFN2O3. The molecule has 0 saturated heterocycles. The molecule has 3 rings (SSSR count). The summed E-state index contributed by atoms with van der Waals surface area (Å²) in [5.74, 6) is -0.135. The van der Waals surface area contributed by atoms with Crippen LogP contribution in [0.5, 0.6) is 11.5 Å². The number of rotatable bonds is 5. The Morgan fingerprint density at radius 1 is 1.38 bits per heavy atom. The lowest BCUT2D eigenvalue weighted by atomic mass is 9.99. The summed E-state index contributed by atoms with van der Waals surface area (Å²) in [6.07, 6.45) is 0.591. The highest BCUT2D eigenvalue weighted by atomic mass is 35.5. The summed E-state index contributed by atoms with van der Waals surface area (Å²) < 4.78 is 25.4. The van der Waals surface area contributed by atoms with Crippen molar-refractivity contribution in [2.45, 2.75) is 19.9 Å². The standard InChI is InChI=1S/C19H20ClFN2O3/c1-3-26-18-14(20)8-12(9-16(18)25-2)19(24)23-15-5-4-11-10-22-7-6-13(11)17(15)21/h4-5,8-9,22H,3,6-7,10H2,1-2H3,(H,23,24). The van der Waals surface area contributed by atoms with Crippen molar-refractivity contribution in [2.24, 2.45) is 0 Å². The van der Waals surface area contributed by atoms with Crippen molar-refractivity contribution < 1.29 is 18.7 Å². The molecule has 1 heterocycles. The van der Waals surface area contributed by atoms with Gasteiger partial charge in [0.1, 0.15) is 5.82 Å². The van der Waals surface area contributed by atoms with Crippen molar-refractivity contribution in [1.82, 2.24) is 5.32 Å². The zero-order valence-electron chi connectivity index (χ0n) is 14.6. The molecule has 0 saturated carbocycles. The van der Waals surface area contributed by atoms with Gasteiger partial charge in [0, 0.05) is 12.1 Å². The van der Waals surface area contributed by atoms with Crippen LogP contribution in [0.2, 0.25) is 5.02 Å². The maximum absolute atomic E-state index is 14.7. The number of ether oxygens (including phenoxy) is 2. The largest absolute Gasteiger partial charge is 0.493 e. The minimum absolute atomic E-state index is 0.152. The van der Waals surface area contributed by atoms with E-state index in [-0.39, 0.29) is 22.1 Å². The Kier molecular flexibility index (Phi) is 5.64. The molecule has 2 N–H and O–H groups in total. The van der Waals surface area contributed by atoms with E-state index in [0.29, 0.717) is 43.2 Å². The first-order chi connectivity index (χ1) is 12.5. The molecular weight excluding hydrogens is 359 g/mol. The fourth-order valence-corrected chi connectivity index (χ4v) is 3.23. The first-order valence-electron chi connectivity index (χ1n) is 8.37. The summed E-state index contributed by atoms with van der Waals surface area (Å²) in [4.78, 5) is 12.6. The number of halogens is 2. The van der Waals surface area contributed by atoms with Gasteiger partial charge in [-0.15, -0.1) is 0 Å². The Morgan fingerprint density at radius 3 is 2.92 bits per heavy atom. The van der Waals surface area contributed by atoms with Gasteiger partial charge in [-0.2, -0.15) is 0 Å².